The molecule has 0 saturated heterocycles. The van der Waals surface area contributed by atoms with Gasteiger partial charge in [-0.1, -0.05) is 25.4 Å². The van der Waals surface area contributed by atoms with Crippen molar-refractivity contribution in [2.45, 2.75) is 13.8 Å². The molecule has 0 aliphatic carbocycles. The summed E-state index contributed by atoms with van der Waals surface area (Å²) < 4.78 is 10.3. The largest absolute Gasteiger partial charge is 0.495 e. The number of hydrogen-bond acceptors (Lipinski definition) is 3. The summed E-state index contributed by atoms with van der Waals surface area (Å²) in [6.07, 6.45) is 0. The average molecular weight is 257 g/mol. The number of nitrogens with two attached hydrogens (primary N) is 1. The van der Waals surface area contributed by atoms with Gasteiger partial charge in [0, 0.05) is 18.1 Å². The molecule has 17 heavy (non-hydrogen) atoms. The lowest BCUT2D eigenvalue weighted by molar-refractivity contribution is 0.404. The van der Waals surface area contributed by atoms with Crippen molar-refractivity contribution < 1.29 is 9.47 Å². The molecule has 0 amide bonds. The Kier molecular flexibility index (Phi) is 4.63. The molecule has 0 heterocycles. The molecule has 0 spiro atoms. The van der Waals surface area contributed by atoms with Crippen LogP contribution in [0.4, 0.5) is 5.69 Å². The quantitative estimate of drug-likeness (QED) is 0.666. The van der Waals surface area contributed by atoms with Crippen molar-refractivity contribution in [3.63, 3.8) is 0 Å². The highest BCUT2D eigenvalue weighted by molar-refractivity contribution is 6.32. The molecule has 5 heteroatoms. The maximum atomic E-state index is 5.99. The first-order valence-electron chi connectivity index (χ1n) is 5.25. The van der Waals surface area contributed by atoms with Crippen molar-refractivity contribution in [1.29, 1.82) is 0 Å². The third kappa shape index (κ3) is 3.27. The summed E-state index contributed by atoms with van der Waals surface area (Å²) in [5, 5.41) is 0.478. The van der Waals surface area contributed by atoms with E-state index in [-0.39, 0.29) is 5.92 Å². The van der Waals surface area contributed by atoms with Crippen molar-refractivity contribution >= 4 is 23.1 Å². The summed E-state index contributed by atoms with van der Waals surface area (Å²) in [5.74, 6) is 1.82. The van der Waals surface area contributed by atoms with Gasteiger partial charge in [-0.05, 0) is 0 Å². The number of rotatable bonds is 4. The third-order valence-corrected chi connectivity index (χ3v) is 2.59. The Morgan fingerprint density at radius 1 is 1.24 bits per heavy atom. The first-order chi connectivity index (χ1) is 7.99. The van der Waals surface area contributed by atoms with Crippen LogP contribution in [-0.2, 0) is 0 Å². The van der Waals surface area contributed by atoms with Crippen molar-refractivity contribution in [3.8, 4) is 11.5 Å². The van der Waals surface area contributed by atoms with Gasteiger partial charge >= 0.3 is 0 Å². The van der Waals surface area contributed by atoms with E-state index in [4.69, 9.17) is 26.8 Å². The summed E-state index contributed by atoms with van der Waals surface area (Å²) in [7, 11) is 3.11. The molecular weight excluding hydrogens is 240 g/mol. The van der Waals surface area contributed by atoms with Crippen LogP contribution in [0.15, 0.2) is 17.1 Å². The highest BCUT2D eigenvalue weighted by atomic mass is 35.5. The predicted molar refractivity (Wildman–Crippen MR) is 70.7 cm³/mol. The van der Waals surface area contributed by atoms with Gasteiger partial charge in [0.25, 0.3) is 0 Å². The Morgan fingerprint density at radius 2 is 1.82 bits per heavy atom. The van der Waals surface area contributed by atoms with Gasteiger partial charge in [-0.3, -0.25) is 0 Å². The van der Waals surface area contributed by atoms with Crippen molar-refractivity contribution in [1.82, 2.24) is 0 Å². The molecule has 0 aromatic heterocycles. The smallest absolute Gasteiger partial charge is 0.146 e. The first-order valence-corrected chi connectivity index (χ1v) is 5.63. The molecule has 4 nitrogen and oxygen atoms in total. The van der Waals surface area contributed by atoms with E-state index in [0.717, 1.165) is 0 Å². The van der Waals surface area contributed by atoms with Crippen LogP contribution in [0.2, 0.25) is 5.02 Å². The van der Waals surface area contributed by atoms with Gasteiger partial charge in [-0.2, -0.15) is 0 Å². The van der Waals surface area contributed by atoms with E-state index < -0.39 is 0 Å². The van der Waals surface area contributed by atoms with E-state index in [0.29, 0.717) is 28.0 Å². The number of amidine groups is 1. The van der Waals surface area contributed by atoms with Crippen LogP contribution in [0, 0.1) is 5.92 Å². The van der Waals surface area contributed by atoms with Gasteiger partial charge in [0.2, 0.25) is 0 Å². The molecular formula is C12H17ClN2O2. The molecule has 94 valence electrons. The highest BCUT2D eigenvalue weighted by Gasteiger charge is 2.10. The summed E-state index contributed by atoms with van der Waals surface area (Å²) >= 11 is 5.99. The minimum Gasteiger partial charge on any atom is -0.495 e. The zero-order valence-corrected chi connectivity index (χ0v) is 11.2. The molecule has 0 unspecified atom stereocenters. The fraction of sp³-hybridized carbons (Fsp3) is 0.417. The van der Waals surface area contributed by atoms with Crippen LogP contribution in [0.25, 0.3) is 0 Å². The van der Waals surface area contributed by atoms with Crippen molar-refractivity contribution in [2.75, 3.05) is 14.2 Å². The van der Waals surface area contributed by atoms with Gasteiger partial charge < -0.3 is 15.2 Å². The second-order valence-corrected chi connectivity index (χ2v) is 4.26. The molecule has 0 saturated carbocycles. The minimum atomic E-state index is 0.168. The second-order valence-electron chi connectivity index (χ2n) is 3.85. The number of hydrogen-bond donors (Lipinski definition) is 1. The van der Waals surface area contributed by atoms with E-state index in [9.17, 15) is 0 Å². The molecule has 0 bridgehead atoms. The molecule has 0 atom stereocenters. The molecule has 0 fully saturated rings. The van der Waals surface area contributed by atoms with Crippen LogP contribution >= 0.6 is 11.6 Å². The van der Waals surface area contributed by atoms with Crippen LogP contribution in [0.3, 0.4) is 0 Å². The van der Waals surface area contributed by atoms with Crippen LogP contribution < -0.4 is 15.2 Å². The third-order valence-electron chi connectivity index (χ3n) is 2.29. The summed E-state index contributed by atoms with van der Waals surface area (Å²) in [5.41, 5.74) is 6.43. The van der Waals surface area contributed by atoms with E-state index in [2.05, 4.69) is 4.99 Å². The Balaban J connectivity index is 3.26. The summed E-state index contributed by atoms with van der Waals surface area (Å²) in [4.78, 5) is 4.31. The van der Waals surface area contributed by atoms with E-state index in [1.165, 1.54) is 0 Å². The van der Waals surface area contributed by atoms with Gasteiger partial charge in [0.15, 0.2) is 0 Å². The number of ether oxygens (including phenoxy) is 2. The van der Waals surface area contributed by atoms with Crippen molar-refractivity contribution in [3.05, 3.63) is 17.2 Å². The topological polar surface area (TPSA) is 56.8 Å². The molecule has 1 rings (SSSR count). The number of halogens is 1. The lowest BCUT2D eigenvalue weighted by atomic mass is 10.2. The standard InChI is InChI=1S/C12H17ClN2O2/c1-7(2)12(14)15-9-6-10(16-3)8(13)5-11(9)17-4/h5-7H,1-4H3,(H2,14,15). The molecule has 2 N–H and O–H groups in total. The SMILES string of the molecule is COc1cc(N=C(N)C(C)C)c(OC)cc1Cl. The Labute approximate surface area is 106 Å². The fourth-order valence-electron chi connectivity index (χ4n) is 1.20. The normalized spacial score (nSPS) is 11.8. The zero-order valence-electron chi connectivity index (χ0n) is 10.5. The van der Waals surface area contributed by atoms with E-state index in [1.54, 1.807) is 26.4 Å². The lowest BCUT2D eigenvalue weighted by Gasteiger charge is -2.10. The molecule has 1 aromatic carbocycles. The predicted octanol–water partition coefficient (Wildman–Crippen LogP) is 3.00. The molecule has 0 radical (unpaired) electrons. The molecule has 1 aromatic rings. The Hall–Kier alpha value is -1.42. The van der Waals surface area contributed by atoms with E-state index >= 15 is 0 Å². The first kappa shape index (κ1) is 13.6. The Morgan fingerprint density at radius 3 is 2.29 bits per heavy atom. The van der Waals surface area contributed by atoms with Gasteiger partial charge in [0.05, 0.1) is 19.2 Å². The van der Waals surface area contributed by atoms with Gasteiger partial charge in [-0.15, -0.1) is 0 Å². The van der Waals surface area contributed by atoms with Crippen LogP contribution in [0.5, 0.6) is 11.5 Å². The maximum Gasteiger partial charge on any atom is 0.146 e. The van der Waals surface area contributed by atoms with Crippen LogP contribution in [0.1, 0.15) is 13.8 Å². The molecule has 0 aliphatic rings. The van der Waals surface area contributed by atoms with E-state index in [1.807, 2.05) is 13.8 Å². The maximum absolute atomic E-state index is 5.99. The highest BCUT2D eigenvalue weighted by Crippen LogP contribution is 2.37. The van der Waals surface area contributed by atoms with Crippen LogP contribution in [-0.4, -0.2) is 20.1 Å². The van der Waals surface area contributed by atoms with Crippen molar-refractivity contribution in [2.24, 2.45) is 16.6 Å². The minimum absolute atomic E-state index is 0.168. The monoisotopic (exact) mass is 256 g/mol. The number of aliphatic imine (C=N–C) groups is 1. The van der Waals surface area contributed by atoms with Gasteiger partial charge in [0.1, 0.15) is 23.0 Å². The molecule has 0 aliphatic heterocycles. The Bertz CT molecular complexity index is 431. The number of benzene rings is 1. The summed E-state index contributed by atoms with van der Waals surface area (Å²) in [6, 6.07) is 3.36. The lowest BCUT2D eigenvalue weighted by Crippen LogP contribution is -2.18. The average Bonchev–Trinajstić information content (AvgIpc) is 2.30. The second kappa shape index (κ2) is 5.77. The van der Waals surface area contributed by atoms with Gasteiger partial charge in [-0.25, -0.2) is 4.99 Å². The number of methoxy groups -OCH3 is 2. The number of nitrogens with zero attached hydrogens (tertiary/aromatic N) is 1. The summed E-state index contributed by atoms with van der Waals surface area (Å²) in [6.45, 7) is 3.94. The fourth-order valence-corrected chi connectivity index (χ4v) is 1.43. The zero-order chi connectivity index (χ0) is 13.0.